The molecular weight excluding hydrogens is 777 g/mol. The van der Waals surface area contributed by atoms with Gasteiger partial charge in [-0.05, 0) is 83.1 Å². The van der Waals surface area contributed by atoms with E-state index in [1.54, 1.807) is 49.7 Å². The summed E-state index contributed by atoms with van der Waals surface area (Å²) < 4.78 is 53.8. The van der Waals surface area contributed by atoms with Gasteiger partial charge in [-0.1, -0.05) is 32.9 Å². The zero-order chi connectivity index (χ0) is 42.7. The molecule has 0 saturated heterocycles. The highest BCUT2D eigenvalue weighted by Crippen LogP contribution is 2.39. The number of aryl methyl sites for hydroxylation is 1. The molecule has 16 heteroatoms. The summed E-state index contributed by atoms with van der Waals surface area (Å²) in [7, 11) is 0.894. The minimum atomic E-state index is -3.64. The van der Waals surface area contributed by atoms with Crippen LogP contribution in [0.4, 0.5) is 23.0 Å². The summed E-state index contributed by atoms with van der Waals surface area (Å²) in [6.45, 7) is 10.5. The number of aromatic nitrogens is 2. The van der Waals surface area contributed by atoms with Crippen molar-refractivity contribution < 1.29 is 41.7 Å². The first-order valence-corrected chi connectivity index (χ1v) is 20.8. The van der Waals surface area contributed by atoms with E-state index in [1.807, 2.05) is 58.0 Å². The molecule has 0 aliphatic rings. The second-order valence-corrected chi connectivity index (χ2v) is 16.4. The van der Waals surface area contributed by atoms with Gasteiger partial charge in [-0.25, -0.2) is 18.4 Å². The Labute approximate surface area is 345 Å². The molecule has 5 aromatic rings. The Morgan fingerprint density at radius 1 is 0.797 bits per heavy atom. The lowest BCUT2D eigenvalue weighted by Gasteiger charge is -2.24. The summed E-state index contributed by atoms with van der Waals surface area (Å²) in [5.74, 6) is 0.233. The summed E-state index contributed by atoms with van der Waals surface area (Å²) in [5, 5.41) is 9.75. The second-order valence-electron chi connectivity index (χ2n) is 14.7. The molecule has 1 heterocycles. The Bertz CT molecular complexity index is 2400. The van der Waals surface area contributed by atoms with Gasteiger partial charge in [0.05, 0.1) is 76.0 Å². The third kappa shape index (κ3) is 12.1. The standard InChI is InChI=1S/C43H52N6O9S/c1-27-9-10-29(40(50)47-36-23-31(43(2,3)4)24-37(39(36)56-7)49-59(8,52)53)22-34(27)28-11-14-35-30(21-28)26-45-42(48-35)46-32-12-13-33(38(25-32)55-6)41(51)44-15-16-57-19-20-58-18-17-54-5/h9-14,21-26,49H,15-20H2,1-8H3,(H,44,51)(H,47,50)(H,45,46,48). The van der Waals surface area contributed by atoms with Crippen LogP contribution in [0.2, 0.25) is 0 Å². The normalized spacial score (nSPS) is 11.6. The molecule has 0 aliphatic carbocycles. The molecular formula is C43H52N6O9S. The highest BCUT2D eigenvalue weighted by atomic mass is 32.2. The Balaban J connectivity index is 1.28. The van der Waals surface area contributed by atoms with Crippen LogP contribution < -0.4 is 30.1 Å². The topological polar surface area (TPSA) is 188 Å². The van der Waals surface area contributed by atoms with Crippen molar-refractivity contribution in [3.63, 3.8) is 0 Å². The van der Waals surface area contributed by atoms with E-state index < -0.39 is 15.9 Å². The number of amides is 2. The molecule has 1 aromatic heterocycles. The number of anilines is 4. The van der Waals surface area contributed by atoms with Gasteiger partial charge in [0.2, 0.25) is 16.0 Å². The lowest BCUT2D eigenvalue weighted by Crippen LogP contribution is -2.28. The molecule has 4 aromatic carbocycles. The van der Waals surface area contributed by atoms with Crippen LogP contribution in [0.25, 0.3) is 22.0 Å². The van der Waals surface area contributed by atoms with E-state index in [2.05, 4.69) is 25.7 Å². The molecule has 0 radical (unpaired) electrons. The van der Waals surface area contributed by atoms with Crippen molar-refractivity contribution in [2.24, 2.45) is 0 Å². The predicted octanol–water partition coefficient (Wildman–Crippen LogP) is 6.70. The first kappa shape index (κ1) is 44.3. The fourth-order valence-electron chi connectivity index (χ4n) is 6.06. The minimum Gasteiger partial charge on any atom is -0.496 e. The average molecular weight is 829 g/mol. The first-order valence-electron chi connectivity index (χ1n) is 18.9. The highest BCUT2D eigenvalue weighted by Gasteiger charge is 2.23. The average Bonchev–Trinajstić information content (AvgIpc) is 3.19. The molecule has 5 rings (SSSR count). The monoisotopic (exact) mass is 828 g/mol. The van der Waals surface area contributed by atoms with Crippen LogP contribution >= 0.6 is 0 Å². The van der Waals surface area contributed by atoms with Crippen molar-refractivity contribution >= 4 is 55.8 Å². The van der Waals surface area contributed by atoms with Crippen molar-refractivity contribution in [1.82, 2.24) is 15.3 Å². The number of carbonyl (C=O) groups is 2. The molecule has 4 N–H and O–H groups in total. The number of nitrogens with zero attached hydrogens (tertiary/aromatic N) is 2. The number of carbonyl (C=O) groups excluding carboxylic acids is 2. The largest absolute Gasteiger partial charge is 0.496 e. The lowest BCUT2D eigenvalue weighted by molar-refractivity contribution is 0.0255. The summed E-state index contributed by atoms with van der Waals surface area (Å²) >= 11 is 0. The third-order valence-electron chi connectivity index (χ3n) is 9.13. The van der Waals surface area contributed by atoms with Crippen molar-refractivity contribution in [2.75, 3.05) is 82.5 Å². The van der Waals surface area contributed by atoms with E-state index in [-0.39, 0.29) is 22.8 Å². The Kier molecular flexibility index (Phi) is 14.8. The van der Waals surface area contributed by atoms with E-state index in [9.17, 15) is 18.0 Å². The van der Waals surface area contributed by atoms with Crippen LogP contribution in [0, 0.1) is 6.92 Å². The smallest absolute Gasteiger partial charge is 0.255 e. The van der Waals surface area contributed by atoms with Gasteiger partial charge in [-0.3, -0.25) is 14.3 Å². The van der Waals surface area contributed by atoms with E-state index in [0.29, 0.717) is 79.3 Å². The number of benzene rings is 4. The van der Waals surface area contributed by atoms with Crippen LogP contribution in [-0.4, -0.2) is 97.4 Å². The van der Waals surface area contributed by atoms with Crippen LogP contribution in [-0.2, 0) is 29.6 Å². The summed E-state index contributed by atoms with van der Waals surface area (Å²) in [4.78, 5) is 35.9. The Morgan fingerprint density at radius 3 is 2.22 bits per heavy atom. The second kappa shape index (κ2) is 19.8. The van der Waals surface area contributed by atoms with Gasteiger partial charge in [0.1, 0.15) is 5.75 Å². The van der Waals surface area contributed by atoms with E-state index in [4.69, 9.17) is 28.7 Å². The van der Waals surface area contributed by atoms with Crippen molar-refractivity contribution in [3.05, 3.63) is 95.2 Å². The molecule has 0 aliphatic heterocycles. The maximum Gasteiger partial charge on any atom is 0.255 e. The van der Waals surface area contributed by atoms with Crippen molar-refractivity contribution in [1.29, 1.82) is 0 Å². The van der Waals surface area contributed by atoms with Gasteiger partial charge in [0.15, 0.2) is 5.75 Å². The Hall–Kier alpha value is -5.81. The number of sulfonamides is 1. The molecule has 15 nitrogen and oxygen atoms in total. The summed E-state index contributed by atoms with van der Waals surface area (Å²) in [6, 6.07) is 19.8. The summed E-state index contributed by atoms with van der Waals surface area (Å²) in [5.41, 5.74) is 5.73. The van der Waals surface area contributed by atoms with E-state index >= 15 is 0 Å². The number of fused-ring (bicyclic) bond motifs is 1. The van der Waals surface area contributed by atoms with Crippen LogP contribution in [0.15, 0.2) is 72.9 Å². The molecule has 314 valence electrons. The molecule has 0 atom stereocenters. The number of nitrogens with one attached hydrogen (secondary N) is 4. The van der Waals surface area contributed by atoms with Gasteiger partial charge in [0.25, 0.3) is 11.8 Å². The molecule has 0 saturated carbocycles. The van der Waals surface area contributed by atoms with Crippen LogP contribution in [0.5, 0.6) is 11.5 Å². The van der Waals surface area contributed by atoms with Gasteiger partial charge in [0, 0.05) is 42.6 Å². The maximum absolute atomic E-state index is 13.8. The maximum atomic E-state index is 13.8. The number of methoxy groups -OCH3 is 3. The quantitative estimate of drug-likeness (QED) is 0.0647. The van der Waals surface area contributed by atoms with E-state index in [0.717, 1.165) is 33.9 Å². The van der Waals surface area contributed by atoms with Gasteiger partial charge in [-0.15, -0.1) is 0 Å². The SMILES string of the molecule is COCCOCCOCCNC(=O)c1ccc(Nc2ncc3cc(-c4cc(C(=O)Nc5cc(C(C)(C)C)cc(NS(C)(=O)=O)c5OC)ccc4C)ccc3n2)cc1OC. The summed E-state index contributed by atoms with van der Waals surface area (Å²) in [6.07, 6.45) is 2.77. The number of hydrogen-bond acceptors (Lipinski definition) is 12. The zero-order valence-electron chi connectivity index (χ0n) is 34.6. The molecule has 0 spiro atoms. The van der Waals surface area contributed by atoms with E-state index in [1.165, 1.54) is 14.2 Å². The van der Waals surface area contributed by atoms with Gasteiger partial charge >= 0.3 is 0 Å². The highest BCUT2D eigenvalue weighted by molar-refractivity contribution is 7.92. The van der Waals surface area contributed by atoms with Crippen molar-refractivity contribution in [3.8, 4) is 22.6 Å². The third-order valence-corrected chi connectivity index (χ3v) is 9.72. The predicted molar refractivity (Wildman–Crippen MR) is 230 cm³/mol. The first-order chi connectivity index (χ1) is 28.1. The zero-order valence-corrected chi connectivity index (χ0v) is 35.5. The van der Waals surface area contributed by atoms with Crippen molar-refractivity contribution in [2.45, 2.75) is 33.1 Å². The van der Waals surface area contributed by atoms with Gasteiger partial charge < -0.3 is 39.6 Å². The number of hydrogen-bond donors (Lipinski definition) is 4. The number of ether oxygens (including phenoxy) is 5. The fraction of sp³-hybridized carbons (Fsp3) is 0.349. The molecule has 59 heavy (non-hydrogen) atoms. The van der Waals surface area contributed by atoms with Crippen LogP contribution in [0.1, 0.15) is 52.6 Å². The fourth-order valence-corrected chi connectivity index (χ4v) is 6.61. The molecule has 0 bridgehead atoms. The molecule has 2 amide bonds. The molecule has 0 unspecified atom stereocenters. The Morgan fingerprint density at radius 2 is 1.53 bits per heavy atom. The van der Waals surface area contributed by atoms with Gasteiger partial charge in [-0.2, -0.15) is 0 Å². The lowest BCUT2D eigenvalue weighted by atomic mass is 9.86. The van der Waals surface area contributed by atoms with Crippen LogP contribution in [0.3, 0.4) is 0 Å². The number of rotatable bonds is 19. The minimum absolute atomic E-state index is 0.195. The molecule has 0 fully saturated rings.